The summed E-state index contributed by atoms with van der Waals surface area (Å²) in [6.07, 6.45) is -1.01. The van der Waals surface area contributed by atoms with Gasteiger partial charge in [0.2, 0.25) is 0 Å². The summed E-state index contributed by atoms with van der Waals surface area (Å²) in [4.78, 5) is 0.253. The molecule has 0 saturated carbocycles. The summed E-state index contributed by atoms with van der Waals surface area (Å²) < 4.78 is 24.6. The van der Waals surface area contributed by atoms with E-state index in [-0.39, 0.29) is 10.6 Å². The fourth-order valence-electron chi connectivity index (χ4n) is 2.00. The fraction of sp³-hybridized carbons (Fsp3) is 0.250. The Morgan fingerprint density at radius 1 is 1.00 bits per heavy atom. The van der Waals surface area contributed by atoms with E-state index in [0.717, 1.165) is 11.1 Å². The summed E-state index contributed by atoms with van der Waals surface area (Å²) in [7, 11) is -3.49. The summed E-state index contributed by atoms with van der Waals surface area (Å²) in [5, 5.41) is 10.1. The number of aryl methyl sites for hydroxylation is 2. The van der Waals surface area contributed by atoms with Crippen molar-refractivity contribution in [2.75, 3.05) is 5.75 Å². The van der Waals surface area contributed by atoms with E-state index in [4.69, 9.17) is 0 Å². The van der Waals surface area contributed by atoms with Crippen LogP contribution in [0.5, 0.6) is 0 Å². The minimum atomic E-state index is -3.49. The zero-order valence-corrected chi connectivity index (χ0v) is 12.4. The maximum atomic E-state index is 12.3. The van der Waals surface area contributed by atoms with Gasteiger partial charge in [0.05, 0.1) is 16.8 Å². The van der Waals surface area contributed by atoms with Crippen LogP contribution < -0.4 is 0 Å². The molecule has 4 heteroatoms. The molecule has 0 saturated heterocycles. The second kappa shape index (κ2) is 5.77. The Morgan fingerprint density at radius 2 is 1.65 bits per heavy atom. The highest BCUT2D eigenvalue weighted by Gasteiger charge is 2.20. The van der Waals surface area contributed by atoms with E-state index in [0.29, 0.717) is 5.56 Å². The topological polar surface area (TPSA) is 54.4 Å². The molecule has 0 aliphatic heterocycles. The summed E-state index contributed by atoms with van der Waals surface area (Å²) in [6, 6.07) is 14.0. The third-order valence-corrected chi connectivity index (χ3v) is 4.91. The first-order valence-electron chi connectivity index (χ1n) is 6.42. The molecule has 20 heavy (non-hydrogen) atoms. The lowest BCUT2D eigenvalue weighted by Gasteiger charge is -2.12. The van der Waals surface area contributed by atoms with Gasteiger partial charge in [0.1, 0.15) is 0 Å². The number of hydrogen-bond donors (Lipinski definition) is 1. The van der Waals surface area contributed by atoms with E-state index < -0.39 is 15.9 Å². The van der Waals surface area contributed by atoms with Crippen molar-refractivity contribution in [2.45, 2.75) is 24.8 Å². The normalized spacial score (nSPS) is 13.2. The third kappa shape index (κ3) is 3.46. The number of aliphatic hydroxyl groups excluding tert-OH is 1. The molecule has 0 aliphatic rings. The maximum Gasteiger partial charge on any atom is 0.181 e. The highest BCUT2D eigenvalue weighted by atomic mass is 32.2. The molecule has 0 aromatic heterocycles. The van der Waals surface area contributed by atoms with Crippen LogP contribution in [0.1, 0.15) is 22.8 Å². The predicted octanol–water partition coefficient (Wildman–Crippen LogP) is 2.81. The summed E-state index contributed by atoms with van der Waals surface area (Å²) in [6.45, 7) is 3.79. The fourth-order valence-corrected chi connectivity index (χ4v) is 3.45. The minimum absolute atomic E-state index is 0.253. The van der Waals surface area contributed by atoms with Gasteiger partial charge in [0.25, 0.3) is 0 Å². The van der Waals surface area contributed by atoms with Crippen LogP contribution in [0.4, 0.5) is 0 Å². The summed E-state index contributed by atoms with van der Waals surface area (Å²) in [5.74, 6) is -0.306. The molecule has 1 N–H and O–H groups in total. The van der Waals surface area contributed by atoms with Crippen molar-refractivity contribution in [3.8, 4) is 0 Å². The first-order valence-corrected chi connectivity index (χ1v) is 8.08. The lowest BCUT2D eigenvalue weighted by Crippen LogP contribution is -2.15. The van der Waals surface area contributed by atoms with Gasteiger partial charge in [-0.3, -0.25) is 0 Å². The summed E-state index contributed by atoms with van der Waals surface area (Å²) in [5.41, 5.74) is 2.57. The molecule has 0 bridgehead atoms. The van der Waals surface area contributed by atoms with E-state index in [9.17, 15) is 13.5 Å². The van der Waals surface area contributed by atoms with Gasteiger partial charge in [0.15, 0.2) is 9.84 Å². The number of benzene rings is 2. The predicted molar refractivity (Wildman–Crippen MR) is 79.4 cm³/mol. The van der Waals surface area contributed by atoms with Crippen LogP contribution in [0.25, 0.3) is 0 Å². The molecule has 2 aromatic carbocycles. The molecule has 3 nitrogen and oxygen atoms in total. The molecule has 0 aliphatic carbocycles. The van der Waals surface area contributed by atoms with Crippen molar-refractivity contribution < 1.29 is 13.5 Å². The zero-order valence-electron chi connectivity index (χ0n) is 11.6. The Kier molecular flexibility index (Phi) is 4.26. The van der Waals surface area contributed by atoms with E-state index in [1.807, 2.05) is 32.0 Å². The van der Waals surface area contributed by atoms with Gasteiger partial charge in [-0.25, -0.2) is 8.42 Å². The van der Waals surface area contributed by atoms with Gasteiger partial charge in [0, 0.05) is 0 Å². The van der Waals surface area contributed by atoms with Crippen LogP contribution in [0.15, 0.2) is 53.4 Å². The Morgan fingerprint density at radius 3 is 2.25 bits per heavy atom. The van der Waals surface area contributed by atoms with Crippen molar-refractivity contribution in [2.24, 2.45) is 0 Å². The van der Waals surface area contributed by atoms with Crippen molar-refractivity contribution in [1.29, 1.82) is 0 Å². The highest BCUT2D eigenvalue weighted by molar-refractivity contribution is 7.91. The Bertz CT molecular complexity index is 688. The van der Waals surface area contributed by atoms with Gasteiger partial charge < -0.3 is 5.11 Å². The SMILES string of the molecule is Cc1ccc(C(O)CS(=O)(=O)c2cccc(C)c2)cc1. The molecule has 1 atom stereocenters. The van der Waals surface area contributed by atoms with Crippen LogP contribution in [0, 0.1) is 13.8 Å². The van der Waals surface area contributed by atoms with Crippen molar-refractivity contribution in [3.05, 3.63) is 65.2 Å². The Balaban J connectivity index is 2.22. The Labute approximate surface area is 119 Å². The largest absolute Gasteiger partial charge is 0.387 e. The first-order chi connectivity index (χ1) is 9.38. The molecule has 2 rings (SSSR count). The monoisotopic (exact) mass is 290 g/mol. The average molecular weight is 290 g/mol. The van der Waals surface area contributed by atoms with Gasteiger partial charge in [-0.05, 0) is 37.1 Å². The molecule has 0 fully saturated rings. The first kappa shape index (κ1) is 14.8. The second-order valence-corrected chi connectivity index (χ2v) is 7.06. The van der Waals surface area contributed by atoms with Gasteiger partial charge in [-0.15, -0.1) is 0 Å². The number of hydrogen-bond acceptors (Lipinski definition) is 3. The lowest BCUT2D eigenvalue weighted by atomic mass is 10.1. The van der Waals surface area contributed by atoms with Crippen LogP contribution in [-0.2, 0) is 9.84 Å². The highest BCUT2D eigenvalue weighted by Crippen LogP contribution is 2.20. The molecule has 0 heterocycles. The van der Waals surface area contributed by atoms with Crippen molar-refractivity contribution in [3.63, 3.8) is 0 Å². The molecule has 0 spiro atoms. The molecule has 106 valence electrons. The van der Waals surface area contributed by atoms with E-state index in [2.05, 4.69) is 0 Å². The van der Waals surface area contributed by atoms with E-state index in [1.54, 1.807) is 30.3 Å². The molecule has 2 aromatic rings. The van der Waals surface area contributed by atoms with Crippen LogP contribution in [0.2, 0.25) is 0 Å². The minimum Gasteiger partial charge on any atom is -0.387 e. The third-order valence-electron chi connectivity index (χ3n) is 3.19. The quantitative estimate of drug-likeness (QED) is 0.942. The van der Waals surface area contributed by atoms with Crippen LogP contribution >= 0.6 is 0 Å². The number of sulfone groups is 1. The standard InChI is InChI=1S/C16H18O3S/c1-12-6-8-14(9-7-12)16(17)11-20(18,19)15-5-3-4-13(2)10-15/h3-10,16-17H,11H2,1-2H3. The molecule has 1 unspecified atom stereocenters. The van der Waals surface area contributed by atoms with Gasteiger partial charge in [-0.1, -0.05) is 42.0 Å². The Hall–Kier alpha value is -1.65. The summed E-state index contributed by atoms with van der Waals surface area (Å²) >= 11 is 0. The molecule has 0 amide bonds. The second-order valence-electron chi connectivity index (χ2n) is 5.02. The van der Waals surface area contributed by atoms with E-state index in [1.165, 1.54) is 0 Å². The van der Waals surface area contributed by atoms with Crippen LogP contribution in [0.3, 0.4) is 0 Å². The van der Waals surface area contributed by atoms with E-state index >= 15 is 0 Å². The lowest BCUT2D eigenvalue weighted by molar-refractivity contribution is 0.201. The van der Waals surface area contributed by atoms with Crippen molar-refractivity contribution >= 4 is 9.84 Å². The smallest absolute Gasteiger partial charge is 0.181 e. The van der Waals surface area contributed by atoms with Gasteiger partial charge in [-0.2, -0.15) is 0 Å². The van der Waals surface area contributed by atoms with Gasteiger partial charge >= 0.3 is 0 Å². The number of rotatable bonds is 4. The maximum absolute atomic E-state index is 12.3. The number of aliphatic hydroxyl groups is 1. The van der Waals surface area contributed by atoms with Crippen molar-refractivity contribution in [1.82, 2.24) is 0 Å². The van der Waals surface area contributed by atoms with Crippen LogP contribution in [-0.4, -0.2) is 19.3 Å². The molecular weight excluding hydrogens is 272 g/mol. The molecular formula is C16H18O3S. The zero-order chi connectivity index (χ0) is 14.8. The molecule has 0 radical (unpaired) electrons. The average Bonchev–Trinajstić information content (AvgIpc) is 2.39.